The van der Waals surface area contributed by atoms with Gasteiger partial charge in [-0.05, 0) is 82.9 Å². The van der Waals surface area contributed by atoms with Gasteiger partial charge in [-0.2, -0.15) is 0 Å². The molecule has 0 amide bonds. The summed E-state index contributed by atoms with van der Waals surface area (Å²) in [4.78, 5) is 0. The van der Waals surface area contributed by atoms with Crippen molar-refractivity contribution in [2.45, 2.75) is 6.55 Å². The van der Waals surface area contributed by atoms with Crippen molar-refractivity contribution < 1.29 is 0 Å². The van der Waals surface area contributed by atoms with Gasteiger partial charge in [0.05, 0.1) is 0 Å². The monoisotopic (exact) mass is 474 g/mol. The van der Waals surface area contributed by atoms with Gasteiger partial charge < -0.3 is 0 Å². The first-order chi connectivity index (χ1) is 17.7. The number of hydrogen-bond donors (Lipinski definition) is 0. The molecule has 0 aliphatic carbocycles. The lowest BCUT2D eigenvalue weighted by molar-refractivity contribution is 1.70. The van der Waals surface area contributed by atoms with Crippen LogP contribution in [0.3, 0.4) is 0 Å². The van der Waals surface area contributed by atoms with Crippen molar-refractivity contribution >= 4 is 66.7 Å². The van der Waals surface area contributed by atoms with E-state index in [-0.39, 0.29) is 0 Å². The molecule has 0 fully saturated rings. The van der Waals surface area contributed by atoms with Crippen LogP contribution < -0.4 is 15.6 Å². The Morgan fingerprint density at radius 2 is 0.667 bits per heavy atom. The molecule has 0 aliphatic rings. The van der Waals surface area contributed by atoms with Crippen molar-refractivity contribution in [3.63, 3.8) is 0 Å². The van der Waals surface area contributed by atoms with Crippen LogP contribution in [-0.4, -0.2) is 8.07 Å². The van der Waals surface area contributed by atoms with Crippen LogP contribution in [0.1, 0.15) is 0 Å². The SMILES string of the molecule is C[Si](c1ccccc1)(c1ccc2cc3ccccc3cc2c1)c1ccc2cc3ccccc3cc2c1. The number of benzene rings is 7. The van der Waals surface area contributed by atoms with Crippen LogP contribution in [0.5, 0.6) is 0 Å². The van der Waals surface area contributed by atoms with E-state index in [4.69, 9.17) is 0 Å². The van der Waals surface area contributed by atoms with E-state index in [1.165, 1.54) is 58.6 Å². The standard InChI is InChI=1S/C35H26Si/c1-36(33-13-3-2-4-14-33,34-17-15-29-19-25-9-5-7-11-27(25)21-31(29)23-34)35-18-16-30-20-26-10-6-8-12-28(26)22-32(30)24-35/h2-24H,1H3. The van der Waals surface area contributed by atoms with Gasteiger partial charge in [0, 0.05) is 0 Å². The molecule has 0 N–H and O–H groups in total. The van der Waals surface area contributed by atoms with Gasteiger partial charge in [-0.15, -0.1) is 0 Å². The molecule has 0 saturated heterocycles. The average Bonchev–Trinajstić information content (AvgIpc) is 2.94. The number of fused-ring (bicyclic) bond motifs is 4. The summed E-state index contributed by atoms with van der Waals surface area (Å²) in [6.07, 6.45) is 0. The molecule has 0 radical (unpaired) electrons. The minimum Gasteiger partial charge on any atom is -0.0624 e. The Hall–Kier alpha value is -4.20. The Bertz CT molecular complexity index is 1780. The maximum Gasteiger partial charge on any atom is 0.145 e. The minimum absolute atomic E-state index is 1.29. The van der Waals surface area contributed by atoms with Gasteiger partial charge >= 0.3 is 0 Å². The van der Waals surface area contributed by atoms with Crippen LogP contribution in [0.2, 0.25) is 6.55 Å². The van der Waals surface area contributed by atoms with E-state index in [9.17, 15) is 0 Å². The summed E-state index contributed by atoms with van der Waals surface area (Å²) in [5.74, 6) is 0. The summed E-state index contributed by atoms with van der Waals surface area (Å²) in [7, 11) is -2.25. The Labute approximate surface area is 212 Å². The fraction of sp³-hybridized carbons (Fsp3) is 0.0286. The first kappa shape index (κ1) is 21.1. The fourth-order valence-corrected chi connectivity index (χ4v) is 9.35. The fourth-order valence-electron chi connectivity index (χ4n) is 5.77. The van der Waals surface area contributed by atoms with Gasteiger partial charge in [-0.25, -0.2) is 0 Å². The van der Waals surface area contributed by atoms with Crippen molar-refractivity contribution in [2.75, 3.05) is 0 Å². The summed E-state index contributed by atoms with van der Waals surface area (Å²) in [5, 5.41) is 14.7. The van der Waals surface area contributed by atoms with Crippen molar-refractivity contribution in [3.8, 4) is 0 Å². The van der Waals surface area contributed by atoms with E-state index >= 15 is 0 Å². The van der Waals surface area contributed by atoms with E-state index in [2.05, 4.69) is 146 Å². The summed E-state index contributed by atoms with van der Waals surface area (Å²) in [6.45, 7) is 2.51. The molecule has 36 heavy (non-hydrogen) atoms. The van der Waals surface area contributed by atoms with E-state index in [1.54, 1.807) is 0 Å². The molecule has 0 saturated carbocycles. The number of hydrogen-bond acceptors (Lipinski definition) is 0. The zero-order valence-electron chi connectivity index (χ0n) is 20.3. The summed E-state index contributed by atoms with van der Waals surface area (Å²) >= 11 is 0. The Morgan fingerprint density at radius 1 is 0.306 bits per heavy atom. The molecule has 0 bridgehead atoms. The maximum absolute atomic E-state index is 2.51. The topological polar surface area (TPSA) is 0 Å². The van der Waals surface area contributed by atoms with Crippen molar-refractivity contribution in [2.24, 2.45) is 0 Å². The molecular formula is C35H26Si. The molecule has 0 nitrogen and oxygen atoms in total. The highest BCUT2D eigenvalue weighted by Crippen LogP contribution is 2.25. The predicted octanol–water partition coefficient (Wildman–Crippen LogP) is 7.40. The summed E-state index contributed by atoms with van der Waals surface area (Å²) < 4.78 is 0. The number of rotatable bonds is 3. The van der Waals surface area contributed by atoms with Crippen molar-refractivity contribution in [3.05, 3.63) is 140 Å². The van der Waals surface area contributed by atoms with E-state index in [0.29, 0.717) is 0 Å². The average molecular weight is 475 g/mol. The quantitative estimate of drug-likeness (QED) is 0.142. The highest BCUT2D eigenvalue weighted by molar-refractivity contribution is 7.10. The van der Waals surface area contributed by atoms with E-state index in [1.807, 2.05) is 0 Å². The Morgan fingerprint density at radius 3 is 1.11 bits per heavy atom. The van der Waals surface area contributed by atoms with Crippen LogP contribution in [0.15, 0.2) is 140 Å². The lowest BCUT2D eigenvalue weighted by Crippen LogP contribution is -2.64. The molecule has 0 heterocycles. The summed E-state index contributed by atoms with van der Waals surface area (Å²) in [6, 6.07) is 52.1. The Balaban J connectivity index is 1.47. The second-order valence-electron chi connectivity index (χ2n) is 10.0. The normalized spacial score (nSPS) is 12.0. The molecule has 7 aromatic rings. The van der Waals surface area contributed by atoms with Crippen LogP contribution in [0, 0.1) is 0 Å². The predicted molar refractivity (Wildman–Crippen MR) is 160 cm³/mol. The maximum atomic E-state index is 2.51. The molecule has 170 valence electrons. The lowest BCUT2D eigenvalue weighted by atomic mass is 10.0. The molecular weight excluding hydrogens is 448 g/mol. The highest BCUT2D eigenvalue weighted by atomic mass is 28.3. The third kappa shape index (κ3) is 3.36. The van der Waals surface area contributed by atoms with E-state index < -0.39 is 8.07 Å². The summed E-state index contributed by atoms with van der Waals surface area (Å²) in [5.41, 5.74) is 0. The molecule has 0 aliphatic heterocycles. The molecule has 0 spiro atoms. The first-order valence-corrected chi connectivity index (χ1v) is 15.1. The zero-order valence-corrected chi connectivity index (χ0v) is 21.3. The minimum atomic E-state index is -2.25. The van der Waals surface area contributed by atoms with Gasteiger partial charge in [0.15, 0.2) is 0 Å². The van der Waals surface area contributed by atoms with Crippen LogP contribution in [0.25, 0.3) is 43.1 Å². The second-order valence-corrected chi connectivity index (χ2v) is 14.0. The largest absolute Gasteiger partial charge is 0.145 e. The molecule has 7 aromatic carbocycles. The van der Waals surface area contributed by atoms with Crippen LogP contribution in [0.4, 0.5) is 0 Å². The van der Waals surface area contributed by atoms with Gasteiger partial charge in [0.1, 0.15) is 8.07 Å². The van der Waals surface area contributed by atoms with Crippen LogP contribution in [-0.2, 0) is 0 Å². The molecule has 1 heteroatoms. The third-order valence-electron chi connectivity index (χ3n) is 7.92. The van der Waals surface area contributed by atoms with Crippen LogP contribution >= 0.6 is 0 Å². The third-order valence-corrected chi connectivity index (χ3v) is 12.3. The highest BCUT2D eigenvalue weighted by Gasteiger charge is 2.34. The van der Waals surface area contributed by atoms with Gasteiger partial charge in [-0.1, -0.05) is 122 Å². The van der Waals surface area contributed by atoms with Gasteiger partial charge in [0.2, 0.25) is 0 Å². The smallest absolute Gasteiger partial charge is 0.0624 e. The molecule has 0 atom stereocenters. The zero-order chi connectivity index (χ0) is 24.1. The second kappa shape index (κ2) is 8.19. The lowest BCUT2D eigenvalue weighted by Gasteiger charge is -2.30. The molecule has 7 rings (SSSR count). The van der Waals surface area contributed by atoms with Crippen molar-refractivity contribution in [1.29, 1.82) is 0 Å². The van der Waals surface area contributed by atoms with E-state index in [0.717, 1.165) is 0 Å². The van der Waals surface area contributed by atoms with Crippen molar-refractivity contribution in [1.82, 2.24) is 0 Å². The molecule has 0 unspecified atom stereocenters. The Kier molecular flexibility index (Phi) is 4.80. The first-order valence-electron chi connectivity index (χ1n) is 12.6. The van der Waals surface area contributed by atoms with Gasteiger partial charge in [0.25, 0.3) is 0 Å². The van der Waals surface area contributed by atoms with Gasteiger partial charge in [-0.3, -0.25) is 0 Å². The molecule has 0 aromatic heterocycles.